The zero-order valence-electron chi connectivity index (χ0n) is 14.4. The lowest BCUT2D eigenvalue weighted by Gasteiger charge is -2.14. The van der Waals surface area contributed by atoms with E-state index in [1.54, 1.807) is 18.2 Å². The summed E-state index contributed by atoms with van der Waals surface area (Å²) in [6, 6.07) is 10.3. The van der Waals surface area contributed by atoms with Crippen LogP contribution in [0.25, 0.3) is 11.1 Å². The van der Waals surface area contributed by atoms with Crippen LogP contribution < -0.4 is 5.14 Å². The Bertz CT molecular complexity index is 1130. The van der Waals surface area contributed by atoms with Gasteiger partial charge in [-0.05, 0) is 59.4 Å². The summed E-state index contributed by atoms with van der Waals surface area (Å²) in [5.41, 5.74) is 1.88. The fourth-order valence-corrected chi connectivity index (χ4v) is 4.40. The average Bonchev–Trinajstić information content (AvgIpc) is 3.25. The highest BCUT2D eigenvalue weighted by Crippen LogP contribution is 2.58. The van der Waals surface area contributed by atoms with Crippen molar-refractivity contribution in [3.05, 3.63) is 75.8 Å². The van der Waals surface area contributed by atoms with Crippen molar-refractivity contribution in [3.8, 4) is 0 Å². The SMILES string of the molecule is NS(=O)(=O)c1ccc(C2=CC3(C=C2c2ccc(Br)c(C(F)(F)F)c2)CC3)cc1. The lowest BCUT2D eigenvalue weighted by atomic mass is 9.94. The molecular formula is C20H15BrF3NO2S. The minimum atomic E-state index is -4.47. The second-order valence-electron chi connectivity index (χ2n) is 7.11. The molecular weight excluding hydrogens is 455 g/mol. The Labute approximate surface area is 168 Å². The van der Waals surface area contributed by atoms with E-state index in [4.69, 9.17) is 5.14 Å². The highest BCUT2D eigenvalue weighted by atomic mass is 79.9. The molecule has 1 saturated carbocycles. The molecule has 2 aromatic rings. The number of allylic oxidation sites excluding steroid dienone is 4. The van der Waals surface area contributed by atoms with E-state index < -0.39 is 21.8 Å². The van der Waals surface area contributed by atoms with Gasteiger partial charge in [0.25, 0.3) is 0 Å². The van der Waals surface area contributed by atoms with Gasteiger partial charge in [-0.3, -0.25) is 0 Å². The van der Waals surface area contributed by atoms with Crippen LogP contribution in [0, 0.1) is 5.41 Å². The number of benzene rings is 2. The topological polar surface area (TPSA) is 60.2 Å². The number of alkyl halides is 3. The maximum absolute atomic E-state index is 13.3. The zero-order chi connectivity index (χ0) is 20.3. The predicted molar refractivity (Wildman–Crippen MR) is 105 cm³/mol. The molecule has 0 saturated heterocycles. The molecule has 0 atom stereocenters. The van der Waals surface area contributed by atoms with Crippen LogP contribution in [0.1, 0.15) is 29.5 Å². The van der Waals surface area contributed by atoms with Crippen LogP contribution in [0.3, 0.4) is 0 Å². The van der Waals surface area contributed by atoms with Gasteiger partial charge in [-0.2, -0.15) is 13.2 Å². The molecule has 8 heteroatoms. The van der Waals surface area contributed by atoms with Crippen molar-refractivity contribution in [1.82, 2.24) is 0 Å². The first kappa shape index (κ1) is 19.4. The fraction of sp³-hybridized carbons (Fsp3) is 0.200. The second-order valence-corrected chi connectivity index (χ2v) is 9.53. The number of hydrogen-bond donors (Lipinski definition) is 1. The molecule has 4 rings (SSSR count). The van der Waals surface area contributed by atoms with Crippen LogP contribution in [0.2, 0.25) is 0 Å². The van der Waals surface area contributed by atoms with E-state index in [-0.39, 0.29) is 14.8 Å². The second kappa shape index (κ2) is 6.30. The Morgan fingerprint density at radius 1 is 0.929 bits per heavy atom. The number of hydrogen-bond acceptors (Lipinski definition) is 2. The quantitative estimate of drug-likeness (QED) is 0.655. The summed E-state index contributed by atoms with van der Waals surface area (Å²) in [6.45, 7) is 0. The minimum Gasteiger partial charge on any atom is -0.225 e. The third-order valence-corrected chi connectivity index (χ3v) is 6.68. The van der Waals surface area contributed by atoms with E-state index in [0.29, 0.717) is 5.56 Å². The number of sulfonamides is 1. The molecule has 2 aliphatic rings. The Kier molecular flexibility index (Phi) is 4.37. The standard InChI is InChI=1S/C20H15BrF3NO2S/c21-18-6-3-13(9-17(18)20(22,23)24)16-11-19(7-8-19)10-15(16)12-1-4-14(5-2-12)28(25,26)27/h1-6,9-11H,7-8H2,(H2,25,26,27). The maximum Gasteiger partial charge on any atom is 0.417 e. The van der Waals surface area contributed by atoms with E-state index in [9.17, 15) is 21.6 Å². The predicted octanol–water partition coefficient (Wildman–Crippen LogP) is 5.38. The van der Waals surface area contributed by atoms with Crippen LogP contribution in [0.4, 0.5) is 13.2 Å². The zero-order valence-corrected chi connectivity index (χ0v) is 16.8. The molecule has 1 fully saturated rings. The molecule has 0 unspecified atom stereocenters. The van der Waals surface area contributed by atoms with Gasteiger partial charge in [-0.1, -0.05) is 46.3 Å². The molecule has 0 amide bonds. The van der Waals surface area contributed by atoms with Gasteiger partial charge in [0, 0.05) is 9.89 Å². The summed E-state index contributed by atoms with van der Waals surface area (Å²) in [4.78, 5) is -0.00971. The van der Waals surface area contributed by atoms with Crippen molar-refractivity contribution < 1.29 is 21.6 Å². The van der Waals surface area contributed by atoms with Crippen molar-refractivity contribution in [1.29, 1.82) is 0 Å². The Hall–Kier alpha value is -1.90. The number of halogens is 4. The smallest absolute Gasteiger partial charge is 0.225 e. The van der Waals surface area contributed by atoms with Crippen molar-refractivity contribution in [2.75, 3.05) is 0 Å². The van der Waals surface area contributed by atoms with Crippen molar-refractivity contribution in [3.63, 3.8) is 0 Å². The number of nitrogens with two attached hydrogens (primary N) is 1. The number of rotatable bonds is 3. The molecule has 0 bridgehead atoms. The molecule has 2 N–H and O–H groups in total. The number of primary sulfonamides is 1. The molecule has 0 radical (unpaired) electrons. The first-order valence-corrected chi connectivity index (χ1v) is 10.8. The van der Waals surface area contributed by atoms with Gasteiger partial charge in [0.15, 0.2) is 0 Å². The first-order chi connectivity index (χ1) is 13.0. The van der Waals surface area contributed by atoms with Gasteiger partial charge in [-0.15, -0.1) is 0 Å². The lowest BCUT2D eigenvalue weighted by Crippen LogP contribution is -2.11. The Morgan fingerprint density at radius 3 is 1.96 bits per heavy atom. The van der Waals surface area contributed by atoms with Crippen LogP contribution >= 0.6 is 15.9 Å². The van der Waals surface area contributed by atoms with Gasteiger partial charge in [0.05, 0.1) is 10.5 Å². The van der Waals surface area contributed by atoms with Crippen molar-refractivity contribution >= 4 is 37.1 Å². The molecule has 2 aliphatic carbocycles. The van der Waals surface area contributed by atoms with Crippen molar-refractivity contribution in [2.24, 2.45) is 10.6 Å². The normalized spacial score (nSPS) is 18.2. The summed E-state index contributed by atoms with van der Waals surface area (Å²) in [7, 11) is -3.81. The summed E-state index contributed by atoms with van der Waals surface area (Å²) in [5.74, 6) is 0. The van der Waals surface area contributed by atoms with Crippen LogP contribution in [-0.2, 0) is 16.2 Å². The van der Waals surface area contributed by atoms with Crippen LogP contribution in [-0.4, -0.2) is 8.42 Å². The van der Waals surface area contributed by atoms with Gasteiger partial charge in [-0.25, -0.2) is 13.6 Å². The average molecular weight is 470 g/mol. The molecule has 1 spiro atoms. The first-order valence-electron chi connectivity index (χ1n) is 8.45. The van der Waals surface area contributed by atoms with E-state index in [0.717, 1.165) is 35.6 Å². The summed E-state index contributed by atoms with van der Waals surface area (Å²) in [6.07, 6.45) is 1.49. The monoisotopic (exact) mass is 469 g/mol. The van der Waals surface area contributed by atoms with E-state index in [1.165, 1.54) is 18.2 Å². The van der Waals surface area contributed by atoms with Crippen molar-refractivity contribution in [2.45, 2.75) is 23.9 Å². The molecule has 0 aliphatic heterocycles. The maximum atomic E-state index is 13.3. The lowest BCUT2D eigenvalue weighted by molar-refractivity contribution is -0.138. The minimum absolute atomic E-state index is 0.00785. The third-order valence-electron chi connectivity index (χ3n) is 5.06. The molecule has 146 valence electrons. The Morgan fingerprint density at radius 2 is 1.46 bits per heavy atom. The largest absolute Gasteiger partial charge is 0.417 e. The Balaban J connectivity index is 1.79. The van der Waals surface area contributed by atoms with Gasteiger partial charge in [0.2, 0.25) is 10.0 Å². The molecule has 28 heavy (non-hydrogen) atoms. The summed E-state index contributed by atoms with van der Waals surface area (Å²) < 4.78 is 62.9. The van der Waals surface area contributed by atoms with E-state index >= 15 is 0 Å². The molecule has 3 nitrogen and oxygen atoms in total. The third kappa shape index (κ3) is 3.56. The summed E-state index contributed by atoms with van der Waals surface area (Å²) >= 11 is 2.97. The van der Waals surface area contributed by atoms with E-state index in [2.05, 4.69) is 22.0 Å². The molecule has 2 aromatic carbocycles. The van der Waals surface area contributed by atoms with E-state index in [1.807, 2.05) is 6.08 Å². The highest BCUT2D eigenvalue weighted by Gasteiger charge is 2.43. The highest BCUT2D eigenvalue weighted by molar-refractivity contribution is 9.10. The van der Waals surface area contributed by atoms with Gasteiger partial charge < -0.3 is 0 Å². The van der Waals surface area contributed by atoms with Crippen LogP contribution in [0.15, 0.2) is 64.0 Å². The summed E-state index contributed by atoms with van der Waals surface area (Å²) in [5, 5.41) is 5.14. The van der Waals surface area contributed by atoms with Gasteiger partial charge >= 0.3 is 6.18 Å². The fourth-order valence-electron chi connectivity index (χ4n) is 3.42. The molecule has 0 heterocycles. The molecule has 0 aromatic heterocycles. The van der Waals surface area contributed by atoms with Crippen LogP contribution in [0.5, 0.6) is 0 Å². The van der Waals surface area contributed by atoms with Gasteiger partial charge in [0.1, 0.15) is 0 Å².